The van der Waals surface area contributed by atoms with Crippen LogP contribution in [0.3, 0.4) is 0 Å². The second-order valence-electron chi connectivity index (χ2n) is 9.85. The Morgan fingerprint density at radius 2 is 1.34 bits per heavy atom. The van der Waals surface area contributed by atoms with Crippen molar-refractivity contribution in [3.63, 3.8) is 0 Å². The first-order chi connectivity index (χ1) is 18.5. The van der Waals surface area contributed by atoms with Crippen molar-refractivity contribution in [2.24, 2.45) is 5.92 Å². The summed E-state index contributed by atoms with van der Waals surface area (Å²) in [6.45, 7) is 2.38. The number of imide groups is 1. The van der Waals surface area contributed by atoms with Gasteiger partial charge in [0.1, 0.15) is 6.61 Å². The first-order valence-corrected chi connectivity index (χ1v) is 12.8. The molecule has 0 spiro atoms. The maximum atomic E-state index is 13.2. The van der Waals surface area contributed by atoms with E-state index in [1.54, 1.807) is 19.1 Å². The monoisotopic (exact) mass is 510 g/mol. The standard InChI is InChI=1S/C30H26N2O6/c1-18-19(29(35)38-32-27(33)24-13-6-7-14-25(24)28(32)34)15-8-16-31(18)30(36)37-17-26-22-11-4-2-9-20(22)21-10-3-5-12-23(21)26/h2-7,9-14,18-19,26H,8,15-17H2,1H3/t18-,19-/m0/s1. The lowest BCUT2D eigenvalue weighted by molar-refractivity contribution is -0.177. The van der Waals surface area contributed by atoms with Crippen molar-refractivity contribution in [1.82, 2.24) is 9.96 Å². The van der Waals surface area contributed by atoms with Crippen molar-refractivity contribution in [3.8, 4) is 11.1 Å². The van der Waals surface area contributed by atoms with E-state index in [-0.39, 0.29) is 23.7 Å². The molecule has 0 unspecified atom stereocenters. The van der Waals surface area contributed by atoms with E-state index >= 15 is 0 Å². The third-order valence-corrected chi connectivity index (χ3v) is 7.80. The molecule has 2 aliphatic heterocycles. The molecule has 8 nitrogen and oxygen atoms in total. The lowest BCUT2D eigenvalue weighted by Gasteiger charge is -2.37. The average Bonchev–Trinajstić information content (AvgIpc) is 3.39. The fraction of sp³-hybridized carbons (Fsp3) is 0.267. The molecule has 8 heteroatoms. The number of carbonyl (C=O) groups excluding carboxylic acids is 4. The fourth-order valence-electron chi connectivity index (χ4n) is 5.80. The molecule has 0 saturated carbocycles. The number of carbonyl (C=O) groups is 4. The Kier molecular flexibility index (Phi) is 5.94. The number of fused-ring (bicyclic) bond motifs is 4. The number of rotatable bonds is 4. The Morgan fingerprint density at radius 1 is 0.816 bits per heavy atom. The minimum Gasteiger partial charge on any atom is -0.448 e. The second-order valence-corrected chi connectivity index (χ2v) is 9.85. The van der Waals surface area contributed by atoms with Gasteiger partial charge < -0.3 is 14.5 Å². The van der Waals surface area contributed by atoms with Gasteiger partial charge in [-0.15, -0.1) is 0 Å². The maximum absolute atomic E-state index is 13.2. The summed E-state index contributed by atoms with van der Waals surface area (Å²) >= 11 is 0. The molecule has 192 valence electrons. The highest BCUT2D eigenvalue weighted by molar-refractivity contribution is 6.20. The van der Waals surface area contributed by atoms with Gasteiger partial charge >= 0.3 is 12.1 Å². The minimum absolute atomic E-state index is 0.0685. The molecular weight excluding hydrogens is 484 g/mol. The van der Waals surface area contributed by atoms with Crippen LogP contribution in [0.25, 0.3) is 11.1 Å². The van der Waals surface area contributed by atoms with E-state index in [0.29, 0.717) is 24.4 Å². The topological polar surface area (TPSA) is 93.2 Å². The number of benzene rings is 3. The highest BCUT2D eigenvalue weighted by Gasteiger charge is 2.43. The van der Waals surface area contributed by atoms with E-state index in [1.807, 2.05) is 24.3 Å². The van der Waals surface area contributed by atoms with Crippen LogP contribution in [-0.2, 0) is 14.4 Å². The molecule has 3 aromatic carbocycles. The van der Waals surface area contributed by atoms with E-state index in [0.717, 1.165) is 22.3 Å². The molecule has 2 atom stereocenters. The summed E-state index contributed by atoms with van der Waals surface area (Å²) < 4.78 is 5.80. The van der Waals surface area contributed by atoms with Crippen LogP contribution in [0.5, 0.6) is 0 Å². The Labute approximate surface area is 219 Å². The first kappa shape index (κ1) is 23.9. The molecule has 38 heavy (non-hydrogen) atoms. The van der Waals surface area contributed by atoms with Crippen molar-refractivity contribution >= 4 is 23.9 Å². The SMILES string of the molecule is C[C@H]1[C@@H](C(=O)ON2C(=O)c3ccccc3C2=O)CCCN1C(=O)OCC1c2ccccc2-c2ccccc21. The largest absolute Gasteiger partial charge is 0.448 e. The van der Waals surface area contributed by atoms with Crippen molar-refractivity contribution in [3.05, 3.63) is 95.1 Å². The van der Waals surface area contributed by atoms with Gasteiger partial charge in [0, 0.05) is 18.5 Å². The van der Waals surface area contributed by atoms with Crippen LogP contribution in [0, 0.1) is 5.92 Å². The lowest BCUT2D eigenvalue weighted by Crippen LogP contribution is -2.51. The Balaban J connectivity index is 1.12. The van der Waals surface area contributed by atoms with Crippen molar-refractivity contribution in [2.75, 3.05) is 13.2 Å². The van der Waals surface area contributed by atoms with Gasteiger partial charge in [0.2, 0.25) is 0 Å². The van der Waals surface area contributed by atoms with E-state index in [4.69, 9.17) is 9.57 Å². The minimum atomic E-state index is -0.719. The number of hydroxylamine groups is 2. The van der Waals surface area contributed by atoms with Crippen LogP contribution in [0.15, 0.2) is 72.8 Å². The number of nitrogens with zero attached hydrogens (tertiary/aromatic N) is 2. The van der Waals surface area contributed by atoms with E-state index < -0.39 is 35.8 Å². The summed E-state index contributed by atoms with van der Waals surface area (Å²) in [5, 5.41) is 0.520. The Hall–Kier alpha value is -4.46. The molecule has 3 aromatic rings. The van der Waals surface area contributed by atoms with Crippen molar-refractivity contribution < 1.29 is 28.8 Å². The van der Waals surface area contributed by atoms with Gasteiger partial charge in [-0.2, -0.15) is 0 Å². The number of amides is 3. The summed E-state index contributed by atoms with van der Waals surface area (Å²) in [6, 6.07) is 22.0. The zero-order valence-corrected chi connectivity index (χ0v) is 20.8. The zero-order chi connectivity index (χ0) is 26.4. The molecule has 1 aliphatic carbocycles. The number of piperidine rings is 1. The second kappa shape index (κ2) is 9.45. The molecular formula is C30H26N2O6. The quantitative estimate of drug-likeness (QED) is 0.469. The highest BCUT2D eigenvalue weighted by Crippen LogP contribution is 2.44. The van der Waals surface area contributed by atoms with E-state index in [9.17, 15) is 19.2 Å². The van der Waals surface area contributed by atoms with Crippen LogP contribution >= 0.6 is 0 Å². The predicted octanol–water partition coefficient (Wildman–Crippen LogP) is 4.79. The van der Waals surface area contributed by atoms with Crippen LogP contribution in [0.2, 0.25) is 0 Å². The van der Waals surface area contributed by atoms with Crippen LogP contribution in [-0.4, -0.2) is 53.0 Å². The Morgan fingerprint density at radius 3 is 1.92 bits per heavy atom. The summed E-state index contributed by atoms with van der Waals surface area (Å²) in [5.74, 6) is -2.83. The molecule has 0 radical (unpaired) electrons. The van der Waals surface area contributed by atoms with Gasteiger partial charge in [0.05, 0.1) is 17.0 Å². The highest BCUT2D eigenvalue weighted by atomic mass is 16.7. The Bertz CT molecular complexity index is 1390. The fourth-order valence-corrected chi connectivity index (χ4v) is 5.80. The van der Waals surface area contributed by atoms with Crippen molar-refractivity contribution in [1.29, 1.82) is 0 Å². The normalized spacial score (nSPS) is 20.1. The molecule has 0 N–H and O–H groups in total. The molecule has 0 bridgehead atoms. The average molecular weight is 511 g/mol. The van der Waals surface area contributed by atoms with Crippen LogP contribution in [0.4, 0.5) is 4.79 Å². The maximum Gasteiger partial charge on any atom is 0.410 e. The smallest absolute Gasteiger partial charge is 0.410 e. The van der Waals surface area contributed by atoms with Gasteiger partial charge in [-0.05, 0) is 54.2 Å². The first-order valence-electron chi connectivity index (χ1n) is 12.8. The van der Waals surface area contributed by atoms with Gasteiger partial charge in [0.25, 0.3) is 11.8 Å². The number of hydrogen-bond acceptors (Lipinski definition) is 6. The van der Waals surface area contributed by atoms with E-state index in [2.05, 4.69) is 24.3 Å². The molecule has 6 rings (SSSR count). The molecule has 0 aromatic heterocycles. The predicted molar refractivity (Wildman–Crippen MR) is 137 cm³/mol. The lowest BCUT2D eigenvalue weighted by atomic mass is 9.90. The number of hydrogen-bond donors (Lipinski definition) is 0. The molecule has 1 fully saturated rings. The summed E-state index contributed by atoms with van der Waals surface area (Å²) in [6.07, 6.45) is 0.532. The van der Waals surface area contributed by atoms with Crippen LogP contribution < -0.4 is 0 Å². The van der Waals surface area contributed by atoms with Gasteiger partial charge in [0.15, 0.2) is 0 Å². The molecule has 1 saturated heterocycles. The van der Waals surface area contributed by atoms with E-state index in [1.165, 1.54) is 17.0 Å². The third kappa shape index (κ3) is 3.84. The number of ether oxygens (including phenoxy) is 1. The van der Waals surface area contributed by atoms with Crippen molar-refractivity contribution in [2.45, 2.75) is 31.7 Å². The van der Waals surface area contributed by atoms with Gasteiger partial charge in [-0.1, -0.05) is 65.7 Å². The van der Waals surface area contributed by atoms with Crippen LogP contribution in [0.1, 0.15) is 57.5 Å². The van der Waals surface area contributed by atoms with Gasteiger partial charge in [-0.3, -0.25) is 9.59 Å². The zero-order valence-electron chi connectivity index (χ0n) is 20.8. The summed E-state index contributed by atoms with van der Waals surface area (Å²) in [4.78, 5) is 58.3. The number of likely N-dealkylation sites (tertiary alicyclic amines) is 1. The molecule has 2 heterocycles. The third-order valence-electron chi connectivity index (χ3n) is 7.80. The summed E-state index contributed by atoms with van der Waals surface area (Å²) in [7, 11) is 0. The summed E-state index contributed by atoms with van der Waals surface area (Å²) in [5.41, 5.74) is 4.92. The molecule has 3 amide bonds. The molecule has 3 aliphatic rings. The van der Waals surface area contributed by atoms with Gasteiger partial charge in [-0.25, -0.2) is 9.59 Å².